The number of nitrogens with zero attached hydrogens (tertiary/aromatic N) is 4. The third-order valence-corrected chi connectivity index (χ3v) is 6.01. The highest BCUT2D eigenvalue weighted by atomic mass is 32.2. The van der Waals surface area contributed by atoms with Crippen LogP contribution in [0.25, 0.3) is 17.1 Å². The standard InChI is InChI=1S/C22H19N5OS2/c1-29-19-12-6-5-11-18(19)24-20(28)15-30-22-26-25-21(16-8-7-13-23-14-16)27(22)17-9-3-2-4-10-17/h2-14H,15H2,1H3,(H,24,28). The van der Waals surface area contributed by atoms with Gasteiger partial charge in [-0.25, -0.2) is 0 Å². The lowest BCUT2D eigenvalue weighted by atomic mass is 10.2. The quantitative estimate of drug-likeness (QED) is 0.423. The average molecular weight is 434 g/mol. The summed E-state index contributed by atoms with van der Waals surface area (Å²) < 4.78 is 1.95. The molecule has 1 amide bonds. The highest BCUT2D eigenvalue weighted by Crippen LogP contribution is 2.28. The van der Waals surface area contributed by atoms with Crippen LogP contribution in [0.1, 0.15) is 0 Å². The van der Waals surface area contributed by atoms with Crippen molar-refractivity contribution in [1.82, 2.24) is 19.7 Å². The van der Waals surface area contributed by atoms with E-state index in [4.69, 9.17) is 0 Å². The summed E-state index contributed by atoms with van der Waals surface area (Å²) >= 11 is 2.95. The zero-order valence-corrected chi connectivity index (χ0v) is 17.9. The molecule has 6 nitrogen and oxygen atoms in total. The van der Waals surface area contributed by atoms with E-state index in [1.54, 1.807) is 24.2 Å². The van der Waals surface area contributed by atoms with Crippen LogP contribution in [0.2, 0.25) is 0 Å². The molecular formula is C22H19N5OS2. The van der Waals surface area contributed by atoms with Crippen LogP contribution < -0.4 is 5.32 Å². The zero-order valence-electron chi connectivity index (χ0n) is 16.2. The second-order valence-electron chi connectivity index (χ2n) is 6.26. The largest absolute Gasteiger partial charge is 0.324 e. The van der Waals surface area contributed by atoms with E-state index >= 15 is 0 Å². The topological polar surface area (TPSA) is 72.7 Å². The molecule has 0 spiro atoms. The van der Waals surface area contributed by atoms with E-state index in [2.05, 4.69) is 20.5 Å². The van der Waals surface area contributed by atoms with Crippen LogP contribution in [0.4, 0.5) is 5.69 Å². The van der Waals surface area contributed by atoms with E-state index in [-0.39, 0.29) is 11.7 Å². The molecule has 0 fully saturated rings. The number of aromatic nitrogens is 4. The lowest BCUT2D eigenvalue weighted by Gasteiger charge is -2.11. The van der Waals surface area contributed by atoms with Crippen molar-refractivity contribution in [3.8, 4) is 17.1 Å². The molecule has 0 atom stereocenters. The number of hydrogen-bond acceptors (Lipinski definition) is 6. The number of anilines is 1. The number of carbonyl (C=O) groups is 1. The van der Waals surface area contributed by atoms with Gasteiger partial charge < -0.3 is 5.32 Å². The number of amides is 1. The normalized spacial score (nSPS) is 10.7. The van der Waals surface area contributed by atoms with Crippen LogP contribution >= 0.6 is 23.5 Å². The molecule has 2 aromatic heterocycles. The Kier molecular flexibility index (Phi) is 6.46. The summed E-state index contributed by atoms with van der Waals surface area (Å²) in [7, 11) is 0. The Bertz CT molecular complexity index is 1130. The summed E-state index contributed by atoms with van der Waals surface area (Å²) in [6.45, 7) is 0. The van der Waals surface area contributed by atoms with Gasteiger partial charge in [0, 0.05) is 28.5 Å². The Morgan fingerprint density at radius 1 is 1.00 bits per heavy atom. The fourth-order valence-electron chi connectivity index (χ4n) is 2.92. The number of benzene rings is 2. The van der Waals surface area contributed by atoms with Crippen LogP contribution in [0.15, 0.2) is 89.2 Å². The highest BCUT2D eigenvalue weighted by molar-refractivity contribution is 7.99. The number of rotatable bonds is 7. The van der Waals surface area contributed by atoms with Gasteiger partial charge in [0.05, 0.1) is 11.4 Å². The van der Waals surface area contributed by atoms with Gasteiger partial charge in [0.1, 0.15) is 0 Å². The molecule has 0 bridgehead atoms. The van der Waals surface area contributed by atoms with E-state index in [1.165, 1.54) is 11.8 Å². The Balaban J connectivity index is 1.57. The first-order valence-electron chi connectivity index (χ1n) is 9.23. The molecule has 30 heavy (non-hydrogen) atoms. The molecule has 0 saturated carbocycles. The van der Waals surface area contributed by atoms with Gasteiger partial charge in [0.15, 0.2) is 11.0 Å². The van der Waals surface area contributed by atoms with Crippen LogP contribution in [-0.4, -0.2) is 37.7 Å². The van der Waals surface area contributed by atoms with Crippen molar-refractivity contribution in [2.75, 3.05) is 17.3 Å². The second-order valence-corrected chi connectivity index (χ2v) is 8.05. The second kappa shape index (κ2) is 9.60. The van der Waals surface area contributed by atoms with Crippen molar-refractivity contribution in [2.24, 2.45) is 0 Å². The minimum absolute atomic E-state index is 0.0907. The summed E-state index contributed by atoms with van der Waals surface area (Å²) in [5.74, 6) is 0.817. The fraction of sp³-hybridized carbons (Fsp3) is 0.0909. The van der Waals surface area contributed by atoms with Gasteiger partial charge in [-0.1, -0.05) is 42.1 Å². The molecule has 0 aliphatic carbocycles. The van der Waals surface area contributed by atoms with Gasteiger partial charge in [-0.3, -0.25) is 14.3 Å². The third kappa shape index (κ3) is 4.55. The van der Waals surface area contributed by atoms with Gasteiger partial charge in [-0.2, -0.15) is 0 Å². The molecule has 0 saturated heterocycles. The van der Waals surface area contributed by atoms with Crippen LogP contribution in [0.3, 0.4) is 0 Å². The summed E-state index contributed by atoms with van der Waals surface area (Å²) in [4.78, 5) is 17.8. The Labute approximate surface area is 183 Å². The Morgan fingerprint density at radius 2 is 1.80 bits per heavy atom. The predicted octanol–water partition coefficient (Wildman–Crippen LogP) is 4.78. The number of hydrogen-bond donors (Lipinski definition) is 1. The molecule has 1 N–H and O–H groups in total. The molecule has 8 heteroatoms. The van der Waals surface area contributed by atoms with Crippen LogP contribution in [0, 0.1) is 0 Å². The van der Waals surface area contributed by atoms with Gasteiger partial charge in [-0.15, -0.1) is 22.0 Å². The van der Waals surface area contributed by atoms with Crippen LogP contribution in [0.5, 0.6) is 0 Å². The number of nitrogens with one attached hydrogen (secondary N) is 1. The SMILES string of the molecule is CSc1ccccc1NC(=O)CSc1nnc(-c2cccnc2)n1-c1ccccc1. The van der Waals surface area contributed by atoms with Gasteiger partial charge in [-0.05, 0) is 42.7 Å². The third-order valence-electron chi connectivity index (χ3n) is 4.28. The Hall–Kier alpha value is -3.10. The molecule has 4 aromatic rings. The Morgan fingerprint density at radius 3 is 2.57 bits per heavy atom. The van der Waals surface area contributed by atoms with E-state index < -0.39 is 0 Å². The summed E-state index contributed by atoms with van der Waals surface area (Å²) in [5, 5.41) is 12.3. The first kappa shape index (κ1) is 20.2. The smallest absolute Gasteiger partial charge is 0.234 e. The number of carbonyl (C=O) groups excluding carboxylic acids is 1. The molecule has 150 valence electrons. The van der Waals surface area contributed by atoms with Gasteiger partial charge >= 0.3 is 0 Å². The maximum absolute atomic E-state index is 12.6. The maximum Gasteiger partial charge on any atom is 0.234 e. The molecular weight excluding hydrogens is 414 g/mol. The average Bonchev–Trinajstić information content (AvgIpc) is 3.23. The molecule has 0 unspecified atom stereocenters. The molecule has 0 radical (unpaired) electrons. The minimum Gasteiger partial charge on any atom is -0.324 e. The highest BCUT2D eigenvalue weighted by Gasteiger charge is 2.17. The maximum atomic E-state index is 12.6. The van der Waals surface area contributed by atoms with E-state index in [1.807, 2.05) is 77.6 Å². The lowest BCUT2D eigenvalue weighted by Crippen LogP contribution is -2.15. The summed E-state index contributed by atoms with van der Waals surface area (Å²) in [6, 6.07) is 21.4. The number of para-hydroxylation sites is 2. The van der Waals surface area contributed by atoms with Gasteiger partial charge in [0.25, 0.3) is 0 Å². The lowest BCUT2D eigenvalue weighted by molar-refractivity contribution is -0.113. The molecule has 0 aliphatic rings. The van der Waals surface area contributed by atoms with Crippen LogP contribution in [-0.2, 0) is 4.79 Å². The van der Waals surface area contributed by atoms with Crippen molar-refractivity contribution in [3.05, 3.63) is 79.1 Å². The van der Waals surface area contributed by atoms with Crippen molar-refractivity contribution >= 4 is 35.1 Å². The van der Waals surface area contributed by atoms with Crippen molar-refractivity contribution in [1.29, 1.82) is 0 Å². The molecule has 0 aliphatic heterocycles. The number of pyridine rings is 1. The number of thioether (sulfide) groups is 2. The fourth-order valence-corrected chi connectivity index (χ4v) is 4.23. The van der Waals surface area contributed by atoms with E-state index in [0.717, 1.165) is 21.8 Å². The monoisotopic (exact) mass is 433 g/mol. The van der Waals surface area contributed by atoms with Gasteiger partial charge in [0.2, 0.25) is 5.91 Å². The molecule has 2 aromatic carbocycles. The zero-order chi connectivity index (χ0) is 20.8. The van der Waals surface area contributed by atoms with Crippen molar-refractivity contribution in [2.45, 2.75) is 10.1 Å². The summed E-state index contributed by atoms with van der Waals surface area (Å²) in [6.07, 6.45) is 5.46. The van der Waals surface area contributed by atoms with Crippen molar-refractivity contribution in [3.63, 3.8) is 0 Å². The molecule has 2 heterocycles. The van der Waals surface area contributed by atoms with E-state index in [9.17, 15) is 4.79 Å². The first-order valence-corrected chi connectivity index (χ1v) is 11.4. The van der Waals surface area contributed by atoms with Crippen molar-refractivity contribution < 1.29 is 4.79 Å². The predicted molar refractivity (Wildman–Crippen MR) is 122 cm³/mol. The van der Waals surface area contributed by atoms with E-state index in [0.29, 0.717) is 11.0 Å². The molecule has 4 rings (SSSR count). The first-order chi connectivity index (χ1) is 14.8. The summed E-state index contributed by atoms with van der Waals surface area (Å²) in [5.41, 5.74) is 2.60. The minimum atomic E-state index is -0.0907.